The van der Waals surface area contributed by atoms with Crippen LogP contribution in [0, 0.1) is 0 Å². The molecule has 1 aromatic heterocycles. The number of ether oxygens (including phenoxy) is 1. The zero-order valence-corrected chi connectivity index (χ0v) is 15.3. The SMILES string of the molecule is CCN(CC)c1ccnc2ccc(-c3cc(Cl)c(O)c(OC)c3)cc12. The zero-order valence-electron chi connectivity index (χ0n) is 14.6. The van der Waals surface area contributed by atoms with Crippen molar-refractivity contribution in [2.24, 2.45) is 0 Å². The van der Waals surface area contributed by atoms with Gasteiger partial charge in [-0.1, -0.05) is 17.7 Å². The Bertz CT molecular complexity index is 908. The lowest BCUT2D eigenvalue weighted by Crippen LogP contribution is -2.22. The van der Waals surface area contributed by atoms with Crippen LogP contribution in [-0.2, 0) is 0 Å². The third-order valence-corrected chi connectivity index (χ3v) is 4.69. The Hall–Kier alpha value is -2.46. The van der Waals surface area contributed by atoms with Crippen molar-refractivity contribution in [3.05, 3.63) is 47.6 Å². The molecular formula is C20H21ClN2O2. The molecule has 1 heterocycles. The van der Waals surface area contributed by atoms with Crippen LogP contribution >= 0.6 is 11.6 Å². The van der Waals surface area contributed by atoms with E-state index in [1.807, 2.05) is 24.4 Å². The summed E-state index contributed by atoms with van der Waals surface area (Å²) in [5.41, 5.74) is 3.99. The molecule has 4 nitrogen and oxygen atoms in total. The van der Waals surface area contributed by atoms with Crippen molar-refractivity contribution in [2.75, 3.05) is 25.1 Å². The second-order valence-electron chi connectivity index (χ2n) is 5.74. The molecule has 5 heteroatoms. The first-order valence-corrected chi connectivity index (χ1v) is 8.67. The summed E-state index contributed by atoms with van der Waals surface area (Å²) in [4.78, 5) is 6.78. The Morgan fingerprint density at radius 1 is 1.08 bits per heavy atom. The van der Waals surface area contributed by atoms with Gasteiger partial charge in [-0.2, -0.15) is 0 Å². The lowest BCUT2D eigenvalue weighted by atomic mass is 10.0. The molecule has 0 aliphatic heterocycles. The Labute approximate surface area is 152 Å². The highest BCUT2D eigenvalue weighted by molar-refractivity contribution is 6.32. The fraction of sp³-hybridized carbons (Fsp3) is 0.250. The molecule has 130 valence electrons. The fourth-order valence-electron chi connectivity index (χ4n) is 3.05. The molecule has 0 amide bonds. The number of anilines is 1. The number of halogens is 1. The maximum absolute atomic E-state index is 9.95. The van der Waals surface area contributed by atoms with E-state index in [9.17, 15) is 5.11 Å². The number of phenolic OH excluding ortho intramolecular Hbond substituents is 1. The van der Waals surface area contributed by atoms with Crippen molar-refractivity contribution >= 4 is 28.2 Å². The summed E-state index contributed by atoms with van der Waals surface area (Å²) in [5, 5.41) is 11.3. The number of nitrogens with zero attached hydrogens (tertiary/aromatic N) is 2. The molecule has 0 unspecified atom stereocenters. The molecule has 1 N–H and O–H groups in total. The number of pyridine rings is 1. The van der Waals surface area contributed by atoms with E-state index in [4.69, 9.17) is 16.3 Å². The average Bonchev–Trinajstić information content (AvgIpc) is 2.64. The third-order valence-electron chi connectivity index (χ3n) is 4.40. The molecule has 0 aliphatic rings. The maximum Gasteiger partial charge on any atom is 0.176 e. The summed E-state index contributed by atoms with van der Waals surface area (Å²) >= 11 is 6.14. The minimum Gasteiger partial charge on any atom is -0.503 e. The number of methoxy groups -OCH3 is 1. The minimum atomic E-state index is -0.0424. The summed E-state index contributed by atoms with van der Waals surface area (Å²) in [6.07, 6.45) is 1.84. The molecule has 2 aromatic carbocycles. The van der Waals surface area contributed by atoms with Gasteiger partial charge >= 0.3 is 0 Å². The van der Waals surface area contributed by atoms with Crippen LogP contribution < -0.4 is 9.64 Å². The summed E-state index contributed by atoms with van der Waals surface area (Å²) < 4.78 is 5.22. The van der Waals surface area contributed by atoms with Crippen LogP contribution in [0.5, 0.6) is 11.5 Å². The Morgan fingerprint density at radius 2 is 1.84 bits per heavy atom. The van der Waals surface area contributed by atoms with E-state index in [0.29, 0.717) is 5.75 Å². The van der Waals surface area contributed by atoms with Gasteiger partial charge in [0.2, 0.25) is 0 Å². The number of phenols is 1. The number of rotatable bonds is 5. The van der Waals surface area contributed by atoms with Crippen LogP contribution in [-0.4, -0.2) is 30.3 Å². The van der Waals surface area contributed by atoms with E-state index in [-0.39, 0.29) is 10.8 Å². The summed E-state index contributed by atoms with van der Waals surface area (Å²) in [6, 6.07) is 11.7. The fourth-order valence-corrected chi connectivity index (χ4v) is 3.26. The Kier molecular flexibility index (Phi) is 5.00. The summed E-state index contributed by atoms with van der Waals surface area (Å²) in [6.45, 7) is 6.14. The second kappa shape index (κ2) is 7.19. The molecule has 0 aliphatic carbocycles. The highest BCUT2D eigenvalue weighted by Crippen LogP contribution is 2.39. The van der Waals surface area contributed by atoms with E-state index in [2.05, 4.69) is 29.8 Å². The zero-order chi connectivity index (χ0) is 18.0. The first-order valence-electron chi connectivity index (χ1n) is 8.29. The second-order valence-corrected chi connectivity index (χ2v) is 6.15. The van der Waals surface area contributed by atoms with Crippen LogP contribution in [0.4, 0.5) is 5.69 Å². The van der Waals surface area contributed by atoms with E-state index in [1.165, 1.54) is 7.11 Å². The number of aromatic nitrogens is 1. The first-order chi connectivity index (χ1) is 12.1. The van der Waals surface area contributed by atoms with Crippen molar-refractivity contribution < 1.29 is 9.84 Å². The maximum atomic E-state index is 9.95. The third kappa shape index (κ3) is 3.22. The number of aromatic hydroxyl groups is 1. The number of hydrogen-bond acceptors (Lipinski definition) is 4. The molecule has 0 saturated heterocycles. The first kappa shape index (κ1) is 17.4. The lowest BCUT2D eigenvalue weighted by Gasteiger charge is -2.22. The number of benzene rings is 2. The Morgan fingerprint density at radius 3 is 2.52 bits per heavy atom. The van der Waals surface area contributed by atoms with Gasteiger partial charge in [-0.25, -0.2) is 0 Å². The van der Waals surface area contributed by atoms with Crippen LogP contribution in [0.3, 0.4) is 0 Å². The number of fused-ring (bicyclic) bond motifs is 1. The van der Waals surface area contributed by atoms with Crippen molar-refractivity contribution in [3.8, 4) is 22.6 Å². The highest BCUT2D eigenvalue weighted by atomic mass is 35.5. The molecule has 0 radical (unpaired) electrons. The van der Waals surface area contributed by atoms with Gasteiger partial charge in [-0.15, -0.1) is 0 Å². The van der Waals surface area contributed by atoms with Gasteiger partial charge in [-0.3, -0.25) is 4.98 Å². The average molecular weight is 357 g/mol. The van der Waals surface area contributed by atoms with Gasteiger partial charge in [0.25, 0.3) is 0 Å². The topological polar surface area (TPSA) is 45.6 Å². The summed E-state index contributed by atoms with van der Waals surface area (Å²) in [5.74, 6) is 0.317. The molecule has 0 spiro atoms. The minimum absolute atomic E-state index is 0.0424. The summed E-state index contributed by atoms with van der Waals surface area (Å²) in [7, 11) is 1.51. The van der Waals surface area contributed by atoms with Crippen molar-refractivity contribution in [1.29, 1.82) is 0 Å². The molecule has 0 bridgehead atoms. The van der Waals surface area contributed by atoms with Crippen LogP contribution in [0.2, 0.25) is 5.02 Å². The predicted octanol–water partition coefficient (Wildman–Crippen LogP) is 5.12. The van der Waals surface area contributed by atoms with E-state index >= 15 is 0 Å². The van der Waals surface area contributed by atoms with Gasteiger partial charge in [0.05, 0.1) is 17.6 Å². The van der Waals surface area contributed by atoms with Crippen molar-refractivity contribution in [3.63, 3.8) is 0 Å². The van der Waals surface area contributed by atoms with E-state index in [0.717, 1.165) is 40.8 Å². The van der Waals surface area contributed by atoms with Crippen LogP contribution in [0.1, 0.15) is 13.8 Å². The van der Waals surface area contributed by atoms with Gasteiger partial charge in [0.1, 0.15) is 0 Å². The molecule has 0 fully saturated rings. The van der Waals surface area contributed by atoms with E-state index < -0.39 is 0 Å². The van der Waals surface area contributed by atoms with Gasteiger partial charge in [0, 0.05) is 30.4 Å². The van der Waals surface area contributed by atoms with Crippen LogP contribution in [0.25, 0.3) is 22.0 Å². The molecule has 0 saturated carbocycles. The number of hydrogen-bond donors (Lipinski definition) is 1. The Balaban J connectivity index is 2.19. The smallest absolute Gasteiger partial charge is 0.176 e. The van der Waals surface area contributed by atoms with Gasteiger partial charge < -0.3 is 14.7 Å². The largest absolute Gasteiger partial charge is 0.503 e. The molecule has 25 heavy (non-hydrogen) atoms. The monoisotopic (exact) mass is 356 g/mol. The van der Waals surface area contributed by atoms with Crippen LogP contribution in [0.15, 0.2) is 42.6 Å². The highest BCUT2D eigenvalue weighted by Gasteiger charge is 2.13. The molecule has 3 rings (SSSR count). The van der Waals surface area contributed by atoms with Crippen molar-refractivity contribution in [2.45, 2.75) is 13.8 Å². The molecular weight excluding hydrogens is 336 g/mol. The molecule has 3 aromatic rings. The molecule has 0 atom stereocenters. The standard InChI is InChI=1S/C20H21ClN2O2/c1-4-23(5-2)18-8-9-22-17-7-6-13(10-15(17)18)14-11-16(21)20(24)19(12-14)25-3/h6-12,24H,4-5H2,1-3H3. The predicted molar refractivity (Wildman–Crippen MR) is 104 cm³/mol. The van der Waals surface area contributed by atoms with Gasteiger partial charge in [0.15, 0.2) is 11.5 Å². The van der Waals surface area contributed by atoms with Gasteiger partial charge in [-0.05, 0) is 55.3 Å². The van der Waals surface area contributed by atoms with E-state index in [1.54, 1.807) is 12.1 Å². The quantitative estimate of drug-likeness (QED) is 0.689. The van der Waals surface area contributed by atoms with Crippen molar-refractivity contribution in [1.82, 2.24) is 4.98 Å². The normalized spacial score (nSPS) is 10.9. The lowest BCUT2D eigenvalue weighted by molar-refractivity contribution is 0.374.